The quantitative estimate of drug-likeness (QED) is 0.616. The molecule has 0 aliphatic carbocycles. The summed E-state index contributed by atoms with van der Waals surface area (Å²) in [5.74, 6) is 3.12. The highest BCUT2D eigenvalue weighted by Gasteiger charge is 2.19. The van der Waals surface area contributed by atoms with Gasteiger partial charge in [-0.25, -0.2) is 0 Å². The minimum absolute atomic E-state index is 0.0805. The average Bonchev–Trinajstić information content (AvgIpc) is 3.27. The molecule has 1 aromatic carbocycles. The molecule has 1 atom stereocenters. The number of carbonyl (C=O) groups is 1. The molecule has 1 unspecified atom stereocenters. The number of ether oxygens (including phenoxy) is 1. The molecule has 0 saturated carbocycles. The molecule has 0 spiro atoms. The van der Waals surface area contributed by atoms with Gasteiger partial charge in [-0.3, -0.25) is 4.79 Å². The third-order valence-electron chi connectivity index (χ3n) is 4.42. The number of benzene rings is 1. The number of amides is 1. The van der Waals surface area contributed by atoms with E-state index in [-0.39, 0.29) is 5.91 Å². The first-order valence-electron chi connectivity index (χ1n) is 9.15. The maximum atomic E-state index is 12.4. The van der Waals surface area contributed by atoms with E-state index in [0.29, 0.717) is 24.9 Å². The van der Waals surface area contributed by atoms with Crippen molar-refractivity contribution < 1.29 is 23.3 Å². The number of nitrogens with zero attached hydrogens (tertiary/aromatic N) is 2. The van der Waals surface area contributed by atoms with Gasteiger partial charge in [0.1, 0.15) is 17.3 Å². The van der Waals surface area contributed by atoms with Gasteiger partial charge in [0.15, 0.2) is 13.1 Å². The molecule has 0 bridgehead atoms. The predicted molar refractivity (Wildman–Crippen MR) is 103 cm³/mol. The van der Waals surface area contributed by atoms with Crippen molar-refractivity contribution in [1.82, 2.24) is 10.2 Å². The van der Waals surface area contributed by atoms with Crippen molar-refractivity contribution >= 4 is 11.6 Å². The van der Waals surface area contributed by atoms with Crippen LogP contribution in [0.1, 0.15) is 24.3 Å². The summed E-state index contributed by atoms with van der Waals surface area (Å²) in [5, 5.41) is 11.1. The second kappa shape index (κ2) is 8.71. The molecule has 3 rings (SSSR count). The highest BCUT2D eigenvalue weighted by Crippen LogP contribution is 2.25. The fraction of sp³-hybridized carbons (Fsp3) is 0.350. The Labute approximate surface area is 163 Å². The molecule has 2 heterocycles. The highest BCUT2D eigenvalue weighted by atomic mass is 16.5. The molecule has 0 aliphatic heterocycles. The predicted octanol–water partition coefficient (Wildman–Crippen LogP) is 2.00. The fourth-order valence-corrected chi connectivity index (χ4v) is 2.91. The summed E-state index contributed by atoms with van der Waals surface area (Å²) in [7, 11) is 1.61. The SMILES string of the molecule is CC[NH+](CC(=O)Nc1ccc(OC)cc1)Cc1nnc(-c2cc(C)oc2C)o1. The smallest absolute Gasteiger partial charge is 0.279 e. The van der Waals surface area contributed by atoms with Crippen LogP contribution in [0.4, 0.5) is 5.69 Å². The summed E-state index contributed by atoms with van der Waals surface area (Å²) in [4.78, 5) is 13.4. The first-order chi connectivity index (χ1) is 13.5. The van der Waals surface area contributed by atoms with Crippen LogP contribution in [-0.4, -0.2) is 36.3 Å². The van der Waals surface area contributed by atoms with E-state index in [0.717, 1.165) is 40.0 Å². The lowest BCUT2D eigenvalue weighted by atomic mass is 10.2. The number of carbonyl (C=O) groups excluding carboxylic acids is 1. The zero-order chi connectivity index (χ0) is 20.1. The Morgan fingerprint density at radius 3 is 2.54 bits per heavy atom. The van der Waals surface area contributed by atoms with Crippen molar-refractivity contribution in [2.75, 3.05) is 25.5 Å². The van der Waals surface area contributed by atoms with Crippen molar-refractivity contribution in [2.24, 2.45) is 0 Å². The van der Waals surface area contributed by atoms with E-state index in [4.69, 9.17) is 13.6 Å². The molecule has 8 nitrogen and oxygen atoms in total. The summed E-state index contributed by atoms with van der Waals surface area (Å²) >= 11 is 0. The van der Waals surface area contributed by atoms with E-state index < -0.39 is 0 Å². The first-order valence-corrected chi connectivity index (χ1v) is 9.15. The molecule has 148 valence electrons. The normalized spacial score (nSPS) is 12.0. The Hall–Kier alpha value is -3.13. The van der Waals surface area contributed by atoms with Gasteiger partial charge >= 0.3 is 0 Å². The minimum Gasteiger partial charge on any atom is -0.497 e. The van der Waals surface area contributed by atoms with Gasteiger partial charge in [-0.05, 0) is 51.1 Å². The fourth-order valence-electron chi connectivity index (χ4n) is 2.91. The van der Waals surface area contributed by atoms with Crippen LogP contribution in [0.2, 0.25) is 0 Å². The van der Waals surface area contributed by atoms with Crippen LogP contribution >= 0.6 is 0 Å². The maximum Gasteiger partial charge on any atom is 0.279 e. The lowest BCUT2D eigenvalue weighted by Gasteiger charge is -2.15. The van der Waals surface area contributed by atoms with Gasteiger partial charge in [-0.15, -0.1) is 10.2 Å². The van der Waals surface area contributed by atoms with Gasteiger partial charge in [0, 0.05) is 5.69 Å². The van der Waals surface area contributed by atoms with Crippen molar-refractivity contribution in [2.45, 2.75) is 27.3 Å². The van der Waals surface area contributed by atoms with Crippen LogP contribution in [0.5, 0.6) is 5.75 Å². The molecule has 0 radical (unpaired) electrons. The number of furan rings is 1. The molecule has 1 amide bonds. The zero-order valence-corrected chi connectivity index (χ0v) is 16.5. The maximum absolute atomic E-state index is 12.4. The Morgan fingerprint density at radius 1 is 1.18 bits per heavy atom. The topological polar surface area (TPSA) is 94.8 Å². The van der Waals surface area contributed by atoms with Crippen molar-refractivity contribution in [1.29, 1.82) is 0 Å². The number of anilines is 1. The summed E-state index contributed by atoms with van der Waals surface area (Å²) in [5.41, 5.74) is 1.53. The van der Waals surface area contributed by atoms with Gasteiger partial charge in [0.05, 0.1) is 19.2 Å². The number of methoxy groups -OCH3 is 1. The number of rotatable bonds is 8. The summed E-state index contributed by atoms with van der Waals surface area (Å²) in [6.07, 6.45) is 0. The molecular weight excluding hydrogens is 360 g/mol. The zero-order valence-electron chi connectivity index (χ0n) is 16.5. The van der Waals surface area contributed by atoms with Gasteiger partial charge in [-0.1, -0.05) is 0 Å². The number of nitrogens with one attached hydrogen (secondary N) is 2. The summed E-state index contributed by atoms with van der Waals surface area (Å²) in [6.45, 7) is 7.26. The van der Waals surface area contributed by atoms with Crippen LogP contribution in [-0.2, 0) is 11.3 Å². The molecule has 0 aliphatic rings. The lowest BCUT2D eigenvalue weighted by Crippen LogP contribution is -3.11. The van der Waals surface area contributed by atoms with E-state index in [2.05, 4.69) is 15.5 Å². The van der Waals surface area contributed by atoms with Gasteiger partial charge < -0.3 is 23.8 Å². The standard InChI is InChI=1S/C20H24N4O4/c1-5-24(11-18(25)21-15-6-8-16(26-4)9-7-15)12-19-22-23-20(28-19)17-10-13(2)27-14(17)3/h6-10H,5,11-12H2,1-4H3,(H,21,25)/p+1. The Morgan fingerprint density at radius 2 is 1.93 bits per heavy atom. The Bertz CT molecular complexity index is 930. The van der Waals surface area contributed by atoms with Crippen molar-refractivity contribution in [3.63, 3.8) is 0 Å². The third-order valence-corrected chi connectivity index (χ3v) is 4.42. The average molecular weight is 385 g/mol. The number of hydrogen-bond donors (Lipinski definition) is 2. The second-order valence-electron chi connectivity index (χ2n) is 6.56. The van der Waals surface area contributed by atoms with Crippen LogP contribution in [0.25, 0.3) is 11.5 Å². The van der Waals surface area contributed by atoms with Crippen LogP contribution in [0.3, 0.4) is 0 Å². The molecule has 2 aromatic heterocycles. The second-order valence-corrected chi connectivity index (χ2v) is 6.56. The van der Waals surface area contributed by atoms with Crippen LogP contribution in [0, 0.1) is 13.8 Å². The van der Waals surface area contributed by atoms with Crippen LogP contribution in [0.15, 0.2) is 39.2 Å². The lowest BCUT2D eigenvalue weighted by molar-refractivity contribution is -0.905. The summed E-state index contributed by atoms with van der Waals surface area (Å²) < 4.78 is 16.4. The van der Waals surface area contributed by atoms with Crippen LogP contribution < -0.4 is 15.0 Å². The highest BCUT2D eigenvalue weighted by molar-refractivity contribution is 5.91. The van der Waals surface area contributed by atoms with Crippen molar-refractivity contribution in [3.05, 3.63) is 47.7 Å². The molecule has 8 heteroatoms. The van der Waals surface area contributed by atoms with Gasteiger partial charge in [-0.2, -0.15) is 0 Å². The molecule has 28 heavy (non-hydrogen) atoms. The van der Waals surface area contributed by atoms with E-state index in [1.54, 1.807) is 19.2 Å². The number of likely N-dealkylation sites (N-methyl/N-ethyl adjacent to an activating group) is 1. The van der Waals surface area contributed by atoms with E-state index >= 15 is 0 Å². The number of quaternary nitrogens is 1. The van der Waals surface area contributed by atoms with E-state index in [9.17, 15) is 4.79 Å². The van der Waals surface area contributed by atoms with Gasteiger partial charge in [0.25, 0.3) is 17.7 Å². The Kier molecular flexibility index (Phi) is 6.10. The monoisotopic (exact) mass is 385 g/mol. The summed E-state index contributed by atoms with van der Waals surface area (Å²) in [6, 6.07) is 9.10. The van der Waals surface area contributed by atoms with Crippen molar-refractivity contribution in [3.8, 4) is 17.2 Å². The van der Waals surface area contributed by atoms with Gasteiger partial charge in [0.2, 0.25) is 0 Å². The molecular formula is C20H25N4O4+. The largest absolute Gasteiger partial charge is 0.497 e. The third kappa shape index (κ3) is 4.77. The number of aryl methyl sites for hydroxylation is 2. The molecule has 0 fully saturated rings. The Balaban J connectivity index is 1.59. The molecule has 2 N–H and O–H groups in total. The first kappa shape index (κ1) is 19.6. The number of hydrogen-bond acceptors (Lipinski definition) is 6. The minimum atomic E-state index is -0.0805. The van der Waals surface area contributed by atoms with E-state index in [1.807, 2.05) is 39.0 Å². The molecule has 0 saturated heterocycles. The molecule has 3 aromatic rings. The number of aromatic nitrogens is 2. The van der Waals surface area contributed by atoms with E-state index in [1.165, 1.54) is 0 Å².